The number of nitrogen functional groups attached to an aromatic ring is 1. The molecule has 7 nitrogen and oxygen atoms in total. The Labute approximate surface area is 158 Å². The van der Waals surface area contributed by atoms with Gasteiger partial charge < -0.3 is 11.1 Å². The van der Waals surface area contributed by atoms with Gasteiger partial charge in [-0.1, -0.05) is 12.1 Å². The van der Waals surface area contributed by atoms with E-state index >= 15 is 0 Å². The molecule has 1 aromatic carbocycles. The molecule has 2 heterocycles. The fourth-order valence-electron chi connectivity index (χ4n) is 2.83. The van der Waals surface area contributed by atoms with Crippen molar-refractivity contribution >= 4 is 42.0 Å². The quantitative estimate of drug-likeness (QED) is 0.466. The Morgan fingerprint density at radius 2 is 2.12 bits per heavy atom. The highest BCUT2D eigenvalue weighted by Crippen LogP contribution is 2.19. The van der Waals surface area contributed by atoms with Crippen LogP contribution in [0.3, 0.4) is 0 Å². The summed E-state index contributed by atoms with van der Waals surface area (Å²) in [5.41, 5.74) is 7.80. The Balaban J connectivity index is 0.00000156. The van der Waals surface area contributed by atoms with E-state index < -0.39 is 4.92 Å². The summed E-state index contributed by atoms with van der Waals surface area (Å²) >= 11 is 0. The van der Waals surface area contributed by atoms with E-state index in [0.717, 1.165) is 31.7 Å². The molecule has 1 aliphatic heterocycles. The number of likely N-dealkylation sites (tertiary alicyclic amines) is 1. The van der Waals surface area contributed by atoms with E-state index in [4.69, 9.17) is 5.73 Å². The Kier molecular flexibility index (Phi) is 7.89. The first-order chi connectivity index (χ1) is 11.1. The molecule has 0 saturated carbocycles. The van der Waals surface area contributed by atoms with Gasteiger partial charge in [0.15, 0.2) is 0 Å². The van der Waals surface area contributed by atoms with E-state index in [-0.39, 0.29) is 30.5 Å². The normalized spacial score (nSPS) is 16.6. The number of nitrogens with one attached hydrogen (secondary N) is 1. The average Bonchev–Trinajstić information content (AvgIpc) is 2.95. The van der Waals surface area contributed by atoms with Crippen LogP contribution in [0.25, 0.3) is 0 Å². The van der Waals surface area contributed by atoms with Crippen molar-refractivity contribution in [3.63, 3.8) is 0 Å². The lowest BCUT2D eigenvalue weighted by molar-refractivity contribution is -0.385. The molecule has 1 aromatic heterocycles. The van der Waals surface area contributed by atoms with Crippen LogP contribution in [-0.2, 0) is 6.54 Å². The van der Waals surface area contributed by atoms with Crippen molar-refractivity contribution in [1.82, 2.24) is 9.88 Å². The van der Waals surface area contributed by atoms with Crippen molar-refractivity contribution in [2.45, 2.75) is 19.0 Å². The van der Waals surface area contributed by atoms with Crippen molar-refractivity contribution in [3.05, 3.63) is 58.3 Å². The van der Waals surface area contributed by atoms with Gasteiger partial charge in [-0.15, -0.1) is 24.8 Å². The van der Waals surface area contributed by atoms with Crippen LogP contribution < -0.4 is 11.1 Å². The van der Waals surface area contributed by atoms with Gasteiger partial charge in [0.2, 0.25) is 0 Å². The standard InChI is InChI=1S/C16H19N5O2.2ClH/c17-13-3-1-2-12(8-13)10-20-7-6-14(11-20)19-16-5-4-15(9-18-16)21(22)23;;/h1-5,8-9,14H,6-7,10-11,17H2,(H,18,19);2*1H. The SMILES string of the molecule is Cl.Cl.Nc1cccc(CN2CCC(Nc3ccc([N+](=O)[O-])cn3)C2)c1. The van der Waals surface area contributed by atoms with Gasteiger partial charge in [-0.25, -0.2) is 4.98 Å². The van der Waals surface area contributed by atoms with Crippen LogP contribution in [-0.4, -0.2) is 33.9 Å². The lowest BCUT2D eigenvalue weighted by Crippen LogP contribution is -2.26. The van der Waals surface area contributed by atoms with Crippen LogP contribution in [0.4, 0.5) is 17.2 Å². The van der Waals surface area contributed by atoms with Crippen molar-refractivity contribution in [2.24, 2.45) is 0 Å². The second-order valence-corrected chi connectivity index (χ2v) is 5.77. The lowest BCUT2D eigenvalue weighted by atomic mass is 10.2. The lowest BCUT2D eigenvalue weighted by Gasteiger charge is -2.17. The van der Waals surface area contributed by atoms with Crippen LogP contribution >= 0.6 is 24.8 Å². The summed E-state index contributed by atoms with van der Waals surface area (Å²) in [5.74, 6) is 0.673. The first-order valence-corrected chi connectivity index (χ1v) is 7.54. The van der Waals surface area contributed by atoms with Gasteiger partial charge in [0.1, 0.15) is 12.0 Å². The molecule has 9 heteroatoms. The second-order valence-electron chi connectivity index (χ2n) is 5.77. The Bertz CT molecular complexity index is 699. The minimum absolute atomic E-state index is 0. The van der Waals surface area contributed by atoms with Crippen LogP contribution in [0.2, 0.25) is 0 Å². The Morgan fingerprint density at radius 1 is 1.32 bits per heavy atom. The summed E-state index contributed by atoms with van der Waals surface area (Å²) in [7, 11) is 0. The minimum atomic E-state index is -0.445. The van der Waals surface area contributed by atoms with Crippen LogP contribution in [0, 0.1) is 10.1 Å². The van der Waals surface area contributed by atoms with Crippen LogP contribution in [0.1, 0.15) is 12.0 Å². The fraction of sp³-hybridized carbons (Fsp3) is 0.312. The van der Waals surface area contributed by atoms with E-state index in [1.165, 1.54) is 17.8 Å². The minimum Gasteiger partial charge on any atom is -0.399 e. The predicted molar refractivity (Wildman–Crippen MR) is 104 cm³/mol. The average molecular weight is 386 g/mol. The van der Waals surface area contributed by atoms with Crippen molar-refractivity contribution in [2.75, 3.05) is 24.1 Å². The third kappa shape index (κ3) is 5.74. The van der Waals surface area contributed by atoms with Crippen molar-refractivity contribution < 1.29 is 4.92 Å². The molecule has 2 aromatic rings. The molecular formula is C16H21Cl2N5O2. The molecule has 0 aliphatic carbocycles. The molecule has 1 unspecified atom stereocenters. The van der Waals surface area contributed by atoms with Gasteiger partial charge in [0.05, 0.1) is 4.92 Å². The van der Waals surface area contributed by atoms with E-state index in [2.05, 4.69) is 21.3 Å². The number of benzene rings is 1. The zero-order chi connectivity index (χ0) is 16.2. The number of nitrogens with zero attached hydrogens (tertiary/aromatic N) is 3. The molecule has 1 atom stereocenters. The zero-order valence-electron chi connectivity index (χ0n) is 13.5. The highest BCUT2D eigenvalue weighted by Gasteiger charge is 2.22. The van der Waals surface area contributed by atoms with Gasteiger partial charge >= 0.3 is 0 Å². The zero-order valence-corrected chi connectivity index (χ0v) is 15.1. The molecule has 1 saturated heterocycles. The number of halogens is 2. The second kappa shape index (κ2) is 9.41. The van der Waals surface area contributed by atoms with E-state index in [9.17, 15) is 10.1 Å². The number of rotatable bonds is 5. The summed E-state index contributed by atoms with van der Waals surface area (Å²) in [4.78, 5) is 16.6. The summed E-state index contributed by atoms with van der Waals surface area (Å²) in [6.07, 6.45) is 2.29. The molecule has 1 fully saturated rings. The van der Waals surface area contributed by atoms with E-state index in [1.807, 2.05) is 18.2 Å². The number of nitrogens with two attached hydrogens (primary N) is 1. The smallest absolute Gasteiger partial charge is 0.287 e. The number of anilines is 2. The first-order valence-electron chi connectivity index (χ1n) is 7.54. The number of hydrogen-bond acceptors (Lipinski definition) is 6. The van der Waals surface area contributed by atoms with Crippen LogP contribution in [0.15, 0.2) is 42.6 Å². The number of nitro groups is 1. The number of pyridine rings is 1. The summed E-state index contributed by atoms with van der Waals surface area (Å²) in [6.45, 7) is 2.78. The maximum absolute atomic E-state index is 10.6. The molecule has 3 rings (SSSR count). The van der Waals surface area contributed by atoms with Gasteiger partial charge in [0, 0.05) is 37.4 Å². The largest absolute Gasteiger partial charge is 0.399 e. The van der Waals surface area contributed by atoms with Crippen molar-refractivity contribution in [1.29, 1.82) is 0 Å². The summed E-state index contributed by atoms with van der Waals surface area (Å²) in [5, 5.41) is 14.0. The molecule has 0 bridgehead atoms. The molecule has 25 heavy (non-hydrogen) atoms. The molecule has 1 aliphatic rings. The topological polar surface area (TPSA) is 97.3 Å². The van der Waals surface area contributed by atoms with Gasteiger partial charge in [-0.2, -0.15) is 0 Å². The maximum atomic E-state index is 10.6. The first kappa shape index (κ1) is 21.0. The van der Waals surface area contributed by atoms with Crippen molar-refractivity contribution in [3.8, 4) is 0 Å². The van der Waals surface area contributed by atoms with Crippen LogP contribution in [0.5, 0.6) is 0 Å². The summed E-state index contributed by atoms with van der Waals surface area (Å²) < 4.78 is 0. The molecule has 0 spiro atoms. The number of hydrogen-bond donors (Lipinski definition) is 2. The number of aromatic nitrogens is 1. The predicted octanol–water partition coefficient (Wildman–Crippen LogP) is 3.10. The Morgan fingerprint density at radius 3 is 2.76 bits per heavy atom. The highest BCUT2D eigenvalue weighted by atomic mass is 35.5. The molecule has 3 N–H and O–H groups in total. The van der Waals surface area contributed by atoms with Gasteiger partial charge in [0.25, 0.3) is 5.69 Å². The fourth-order valence-corrected chi connectivity index (χ4v) is 2.83. The van der Waals surface area contributed by atoms with E-state index in [1.54, 1.807) is 6.07 Å². The maximum Gasteiger partial charge on any atom is 0.287 e. The molecular weight excluding hydrogens is 365 g/mol. The van der Waals surface area contributed by atoms with Gasteiger partial charge in [-0.3, -0.25) is 15.0 Å². The monoisotopic (exact) mass is 385 g/mol. The van der Waals surface area contributed by atoms with Gasteiger partial charge in [-0.05, 0) is 30.2 Å². The molecule has 0 amide bonds. The summed E-state index contributed by atoms with van der Waals surface area (Å²) in [6, 6.07) is 11.3. The third-order valence-corrected chi connectivity index (χ3v) is 3.94. The van der Waals surface area contributed by atoms with E-state index in [0.29, 0.717) is 11.9 Å². The molecule has 136 valence electrons. The molecule has 0 radical (unpaired) electrons. The third-order valence-electron chi connectivity index (χ3n) is 3.94. The highest BCUT2D eigenvalue weighted by molar-refractivity contribution is 5.85. The Hall–Kier alpha value is -2.09.